The van der Waals surface area contributed by atoms with E-state index in [1.807, 2.05) is 54.6 Å². The number of Topliss-reactive ketones (excluding diaryl/α,β-unsaturated/α-hetero) is 1. The molecule has 59 heavy (non-hydrogen) atoms. The van der Waals surface area contributed by atoms with Gasteiger partial charge in [-0.3, -0.25) is 0 Å². The van der Waals surface area contributed by atoms with Gasteiger partial charge in [0.1, 0.15) is 0 Å². The van der Waals surface area contributed by atoms with Crippen molar-refractivity contribution in [3.63, 3.8) is 0 Å². The molecule has 2 aliphatic carbocycles. The molecule has 12 nitrogen and oxygen atoms in total. The van der Waals surface area contributed by atoms with Gasteiger partial charge in [-0.1, -0.05) is 12.1 Å². The Balaban J connectivity index is 1.17. The summed E-state index contributed by atoms with van der Waals surface area (Å²) < 4.78 is 21.8. The number of carbonyl (C=O) groups excluding carboxylic acids is 3. The number of aliphatic hydroxyl groups excluding tert-OH is 2. The van der Waals surface area contributed by atoms with Crippen molar-refractivity contribution in [3.8, 4) is 17.2 Å². The summed E-state index contributed by atoms with van der Waals surface area (Å²) in [7, 11) is 1.34. The number of ether oxygens (including phenoxy) is 3. The van der Waals surface area contributed by atoms with Crippen molar-refractivity contribution in [2.24, 2.45) is 0 Å². The monoisotopic (exact) mass is 861 g/mol. The van der Waals surface area contributed by atoms with Crippen molar-refractivity contribution in [2.75, 3.05) is 13.7 Å². The second kappa shape index (κ2) is 16.3. The first kappa shape index (κ1) is 41.0. The molecule has 14 heteroatoms. The molecule has 0 saturated carbocycles. The molecule has 3 aliphatic rings. The Bertz CT molecular complexity index is 2320. The third kappa shape index (κ3) is 7.00. The van der Waals surface area contributed by atoms with E-state index in [1.165, 1.54) is 25.3 Å². The van der Waals surface area contributed by atoms with Crippen LogP contribution in [0.1, 0.15) is 68.8 Å². The van der Waals surface area contributed by atoms with E-state index in [0.29, 0.717) is 14.7 Å². The summed E-state index contributed by atoms with van der Waals surface area (Å²) in [6, 6.07) is 34.7. The second-order valence-corrected chi connectivity index (χ2v) is 21.9. The van der Waals surface area contributed by atoms with Gasteiger partial charge in [0.15, 0.2) is 0 Å². The van der Waals surface area contributed by atoms with Crippen LogP contribution in [0.3, 0.4) is 0 Å². The second-order valence-electron chi connectivity index (χ2n) is 15.0. The Morgan fingerprint density at radius 3 is 1.98 bits per heavy atom. The number of hydrogen-bond acceptors (Lipinski definition) is 12. The summed E-state index contributed by atoms with van der Waals surface area (Å²) in [5.74, 6) is -6.58. The molecule has 1 aliphatic heterocycles. The van der Waals surface area contributed by atoms with Gasteiger partial charge in [0.2, 0.25) is 0 Å². The summed E-state index contributed by atoms with van der Waals surface area (Å²) in [6.45, 7) is 0.659. The van der Waals surface area contributed by atoms with Crippen LogP contribution in [0.25, 0.3) is 0 Å². The predicted octanol–water partition coefficient (Wildman–Crippen LogP) is 3.27. The predicted molar refractivity (Wildman–Crippen MR) is 217 cm³/mol. The average Bonchev–Trinajstić information content (AvgIpc) is 3.26. The standard InChI is InChI=1S/C27H28NO11.C18H15P.Fe/c1-10-22(31)13(28)6-17(38-10)39-15-8-27(36,16(30)9-29)7-12-19(15)26(35)21-20(24(12)33)23(32)11-4-3-5-14(37-2)18(11)25(21)34;1-4-10-16(11-5-1)19(17-12-6-2-7-13-17)18-14-8-3-9-15-18;/h3-5,10,13,15,17,22,28-29,31,33,35-36H,6-9H2,1-2H3;1-15H;/q-1;;/p+1/t10?,13?,15-,17?,22?,27-;;/m0../s1. The van der Waals surface area contributed by atoms with Crippen LogP contribution in [0.5, 0.6) is 17.2 Å². The number of fused-ring (bicyclic) bond motifs is 3. The Hall–Kier alpha value is -4.78. The van der Waals surface area contributed by atoms with Crippen LogP contribution in [-0.2, 0) is 35.4 Å². The number of rotatable bonds is 11. The molecule has 6 N–H and O–H groups in total. The van der Waals surface area contributed by atoms with Crippen molar-refractivity contribution < 1.29 is 68.9 Å². The van der Waals surface area contributed by atoms with Crippen molar-refractivity contribution in [1.29, 1.82) is 0 Å². The van der Waals surface area contributed by atoms with Gasteiger partial charge >= 0.3 is 318 Å². The quantitative estimate of drug-likeness (QED) is 0.0635. The molecule has 8 rings (SSSR count). The molecule has 1 fully saturated rings. The van der Waals surface area contributed by atoms with Gasteiger partial charge in [-0.05, 0) is 6.07 Å². The molecule has 5 aromatic carbocycles. The normalized spacial score (nSPS) is 24.2. The van der Waals surface area contributed by atoms with Gasteiger partial charge in [0.25, 0.3) is 0 Å². The summed E-state index contributed by atoms with van der Waals surface area (Å²) in [5.41, 5.74) is -3.67. The minimum atomic E-state index is -2.81. The molecular formula is C45H44FeNO11P. The van der Waals surface area contributed by atoms with E-state index >= 15 is 0 Å². The summed E-state index contributed by atoms with van der Waals surface area (Å²) in [6.07, 6.45) is -5.26. The molecule has 1 heterocycles. The van der Waals surface area contributed by atoms with Gasteiger partial charge in [-0.15, -0.1) is 0 Å². The van der Waals surface area contributed by atoms with E-state index < -0.39 is 102 Å². The minimum absolute atomic E-state index is 0.0534. The van der Waals surface area contributed by atoms with E-state index in [2.05, 4.69) is 40.7 Å². The zero-order valence-corrected chi connectivity index (χ0v) is 34.3. The van der Waals surface area contributed by atoms with E-state index in [9.17, 15) is 39.9 Å². The van der Waals surface area contributed by atoms with E-state index in [0.717, 1.165) is 15.9 Å². The third-order valence-electron chi connectivity index (χ3n) is 11.6. The number of ketones is 3. The summed E-state index contributed by atoms with van der Waals surface area (Å²) >= 11 is 0.477. The van der Waals surface area contributed by atoms with Gasteiger partial charge in [0.05, 0.1) is 7.11 Å². The van der Waals surface area contributed by atoms with Crippen molar-refractivity contribution in [2.45, 2.75) is 62.4 Å². The van der Waals surface area contributed by atoms with Gasteiger partial charge in [0, 0.05) is 0 Å². The number of benzene rings is 5. The number of methoxy groups -OCH3 is 1. The fourth-order valence-corrected chi connectivity index (χ4v) is 16.9. The Labute approximate surface area is 347 Å². The SMILES string of the molecule is COc1cccc2c1C(=O)c1c(O)c3c(c(O)c1C2=O)C[C@@](O)(C(=O)CO)C[C@@H]3OC1CC([NH][Fe][PH](c2ccccc2)(c2ccccc2)c2ccccc2)C(O)C(C)O1. The van der Waals surface area contributed by atoms with E-state index in [-0.39, 0.29) is 34.4 Å². The van der Waals surface area contributed by atoms with Crippen molar-refractivity contribution in [3.05, 3.63) is 143 Å². The first-order valence-corrected chi connectivity index (χ1v) is 23.3. The number of aromatic hydroxyl groups is 2. The molecule has 0 radical (unpaired) electrons. The van der Waals surface area contributed by atoms with E-state index in [4.69, 9.17) is 14.2 Å². The zero-order valence-electron chi connectivity index (χ0n) is 32.1. The van der Waals surface area contributed by atoms with Crippen molar-refractivity contribution >= 4 is 39.2 Å². The fourth-order valence-electron chi connectivity index (χ4n) is 8.60. The van der Waals surface area contributed by atoms with Crippen LogP contribution in [0.4, 0.5) is 0 Å². The molecular weight excluding hydrogens is 817 g/mol. The molecule has 0 amide bonds. The Kier molecular flexibility index (Phi) is 11.4. The Morgan fingerprint density at radius 2 is 1.42 bits per heavy atom. The fraction of sp³-hybridized carbons (Fsp3) is 0.267. The topological polar surface area (TPSA) is 192 Å². The maximum atomic E-state index is 14.1. The molecule has 5 aromatic rings. The number of hydrogen-bond donors (Lipinski definition) is 6. The molecule has 1 saturated heterocycles. The number of carbonyl (C=O) groups is 3. The maximum absolute atomic E-state index is 14.1. The van der Waals surface area contributed by atoms with Crippen molar-refractivity contribution in [1.82, 2.24) is 4.33 Å². The average molecular weight is 862 g/mol. The number of phenolic OH excluding ortho intramolecular Hbond substituents is 2. The summed E-state index contributed by atoms with van der Waals surface area (Å²) in [5, 5.41) is 60.5. The van der Waals surface area contributed by atoms with Crippen LogP contribution < -0.4 is 25.0 Å². The number of phenols is 2. The molecule has 4 unspecified atom stereocenters. The van der Waals surface area contributed by atoms with E-state index in [1.54, 1.807) is 6.92 Å². The van der Waals surface area contributed by atoms with Crippen LogP contribution in [0, 0.1) is 0 Å². The molecule has 308 valence electrons. The van der Waals surface area contributed by atoms with Crippen LogP contribution >= 0.6 is 5.95 Å². The zero-order chi connectivity index (χ0) is 41.6. The molecule has 0 spiro atoms. The molecule has 0 bridgehead atoms. The number of nitrogens with one attached hydrogen (secondary N) is 1. The third-order valence-corrected chi connectivity index (χ3v) is 20.3. The molecule has 6 atom stereocenters. The first-order chi connectivity index (χ1) is 28.4. The van der Waals surface area contributed by atoms with Gasteiger partial charge in [-0.2, -0.15) is 0 Å². The van der Waals surface area contributed by atoms with Gasteiger partial charge < -0.3 is 4.74 Å². The molecule has 0 aromatic heterocycles. The van der Waals surface area contributed by atoms with Crippen LogP contribution in [0.2, 0.25) is 0 Å². The first-order valence-electron chi connectivity index (χ1n) is 19.2. The Morgan fingerprint density at radius 1 is 0.847 bits per heavy atom. The van der Waals surface area contributed by atoms with Crippen LogP contribution in [0.15, 0.2) is 109 Å². The summed E-state index contributed by atoms with van der Waals surface area (Å²) in [4.78, 5) is 41.2. The van der Waals surface area contributed by atoms with Gasteiger partial charge in [-0.25, -0.2) is 0 Å². The van der Waals surface area contributed by atoms with Crippen LogP contribution in [-0.4, -0.2) is 86.7 Å². The number of aliphatic hydroxyl groups is 3.